The molecule has 1 saturated heterocycles. The molecule has 1 N–H and O–H groups in total. The number of nitrogens with zero attached hydrogens (tertiary/aromatic N) is 2. The van der Waals surface area contributed by atoms with Crippen molar-refractivity contribution in [2.24, 2.45) is 5.92 Å². The Hall–Kier alpha value is -0.680. The van der Waals surface area contributed by atoms with E-state index < -0.39 is 0 Å². The van der Waals surface area contributed by atoms with Crippen molar-refractivity contribution < 1.29 is 4.79 Å². The summed E-state index contributed by atoms with van der Waals surface area (Å²) in [6, 6.07) is 0.380. The van der Waals surface area contributed by atoms with Gasteiger partial charge in [-0.05, 0) is 38.9 Å². The second-order valence-corrected chi connectivity index (χ2v) is 5.91. The Morgan fingerprint density at radius 3 is 2.79 bits per heavy atom. The van der Waals surface area contributed by atoms with E-state index in [2.05, 4.69) is 24.1 Å². The van der Waals surface area contributed by atoms with Crippen LogP contribution in [0.3, 0.4) is 0 Å². The quantitative estimate of drug-likeness (QED) is 0.759. The summed E-state index contributed by atoms with van der Waals surface area (Å²) in [6.45, 7) is 8.45. The number of amides is 2. The van der Waals surface area contributed by atoms with Crippen LogP contribution < -0.4 is 5.32 Å². The van der Waals surface area contributed by atoms with Gasteiger partial charge in [0.25, 0.3) is 0 Å². The summed E-state index contributed by atoms with van der Waals surface area (Å²) in [5.41, 5.74) is 0. The molecule has 0 spiro atoms. The first-order valence-electron chi connectivity index (χ1n) is 7.51. The molecule has 1 aliphatic carbocycles. The van der Waals surface area contributed by atoms with Crippen molar-refractivity contribution in [1.82, 2.24) is 15.1 Å². The molecular formula is C14H25N3OS. The fraction of sp³-hybridized carbons (Fsp3) is 0.857. The summed E-state index contributed by atoms with van der Waals surface area (Å²) >= 11 is 5.30. The molecule has 1 saturated carbocycles. The van der Waals surface area contributed by atoms with E-state index in [1.807, 2.05) is 4.90 Å². The highest BCUT2D eigenvalue weighted by Gasteiger charge is 2.41. The van der Waals surface area contributed by atoms with E-state index in [0.717, 1.165) is 50.4 Å². The lowest BCUT2D eigenvalue weighted by Crippen LogP contribution is -2.58. The third-order valence-electron chi connectivity index (χ3n) is 4.48. The summed E-state index contributed by atoms with van der Waals surface area (Å²) in [7, 11) is 0. The molecule has 0 aromatic carbocycles. The number of carbonyl (C=O) groups excluding carboxylic acids is 1. The fourth-order valence-electron chi connectivity index (χ4n) is 3.31. The lowest BCUT2D eigenvalue weighted by molar-refractivity contribution is 0.157. The van der Waals surface area contributed by atoms with Gasteiger partial charge >= 0.3 is 6.03 Å². The van der Waals surface area contributed by atoms with Crippen LogP contribution in [0.25, 0.3) is 0 Å². The Morgan fingerprint density at radius 2 is 2.11 bits per heavy atom. The van der Waals surface area contributed by atoms with E-state index in [1.54, 1.807) is 0 Å². The van der Waals surface area contributed by atoms with Gasteiger partial charge in [-0.1, -0.05) is 32.5 Å². The molecule has 5 heteroatoms. The van der Waals surface area contributed by atoms with E-state index in [0.29, 0.717) is 12.0 Å². The molecule has 2 unspecified atom stereocenters. The van der Waals surface area contributed by atoms with E-state index in [1.165, 1.54) is 6.42 Å². The van der Waals surface area contributed by atoms with Gasteiger partial charge in [0, 0.05) is 18.5 Å². The van der Waals surface area contributed by atoms with Gasteiger partial charge in [0.15, 0.2) is 0 Å². The zero-order valence-corrected chi connectivity index (χ0v) is 12.8. The van der Waals surface area contributed by atoms with Gasteiger partial charge < -0.3 is 15.1 Å². The first-order chi connectivity index (χ1) is 9.17. The largest absolute Gasteiger partial charge is 0.322 e. The molecule has 0 aromatic rings. The Balaban J connectivity index is 1.88. The van der Waals surface area contributed by atoms with Crippen LogP contribution >= 0.6 is 12.2 Å². The van der Waals surface area contributed by atoms with Crippen molar-refractivity contribution in [2.75, 3.05) is 26.2 Å². The molecule has 19 heavy (non-hydrogen) atoms. The van der Waals surface area contributed by atoms with Gasteiger partial charge in [-0.25, -0.2) is 4.79 Å². The van der Waals surface area contributed by atoms with Crippen LogP contribution in [-0.4, -0.2) is 53.0 Å². The first kappa shape index (κ1) is 14.7. The van der Waals surface area contributed by atoms with Crippen molar-refractivity contribution in [3.63, 3.8) is 0 Å². The Kier molecular flexibility index (Phi) is 5.16. The smallest absolute Gasteiger partial charge is 0.321 e. The molecule has 0 bridgehead atoms. The highest BCUT2D eigenvalue weighted by molar-refractivity contribution is 7.80. The molecule has 4 nitrogen and oxygen atoms in total. The molecule has 2 amide bonds. The lowest BCUT2D eigenvalue weighted by Gasteiger charge is -2.38. The topological polar surface area (TPSA) is 35.6 Å². The lowest BCUT2D eigenvalue weighted by atomic mass is 9.99. The van der Waals surface area contributed by atoms with Crippen molar-refractivity contribution >= 4 is 23.2 Å². The van der Waals surface area contributed by atoms with Gasteiger partial charge in [-0.3, -0.25) is 0 Å². The maximum absolute atomic E-state index is 12.1. The maximum Gasteiger partial charge on any atom is 0.322 e. The third kappa shape index (κ3) is 3.26. The second-order valence-electron chi connectivity index (χ2n) is 5.47. The van der Waals surface area contributed by atoms with Gasteiger partial charge in [0.2, 0.25) is 0 Å². The Labute approximate surface area is 121 Å². The van der Waals surface area contributed by atoms with Crippen LogP contribution in [0.5, 0.6) is 0 Å². The number of nitrogens with one attached hydrogen (secondary N) is 1. The van der Waals surface area contributed by atoms with Gasteiger partial charge in [0.1, 0.15) is 0 Å². The minimum atomic E-state index is 0.0210. The average Bonchev–Trinajstić information content (AvgIpc) is 2.87. The number of thiocarbonyl (C=S) groups is 1. The number of urea groups is 1. The van der Waals surface area contributed by atoms with E-state index in [9.17, 15) is 4.79 Å². The summed E-state index contributed by atoms with van der Waals surface area (Å²) in [5.74, 6) is 0.404. The molecule has 2 fully saturated rings. The third-order valence-corrected chi connectivity index (χ3v) is 4.88. The highest BCUT2D eigenvalue weighted by Crippen LogP contribution is 2.33. The number of carbonyl (C=O) groups is 1. The molecular weight excluding hydrogens is 258 g/mol. The molecule has 2 atom stereocenters. The normalized spacial score (nSPS) is 26.8. The van der Waals surface area contributed by atoms with Crippen LogP contribution in [0.2, 0.25) is 0 Å². The zero-order chi connectivity index (χ0) is 13.8. The Morgan fingerprint density at radius 1 is 1.37 bits per heavy atom. The summed E-state index contributed by atoms with van der Waals surface area (Å²) in [4.78, 5) is 17.3. The predicted octanol–water partition coefficient (Wildman–Crippen LogP) is 2.24. The first-order valence-corrected chi connectivity index (χ1v) is 7.92. The number of hydrogen-bond donors (Lipinski definition) is 1. The minimum absolute atomic E-state index is 0.0210. The van der Waals surface area contributed by atoms with E-state index in [-0.39, 0.29) is 6.03 Å². The Bertz CT molecular complexity index is 344. The molecule has 2 rings (SSSR count). The van der Waals surface area contributed by atoms with E-state index in [4.69, 9.17) is 12.2 Å². The SMILES string of the molecule is CCN(CC)CCCN1C(=O)NC(=S)C2CCCC21. The molecule has 2 aliphatic rings. The van der Waals surface area contributed by atoms with Crippen molar-refractivity contribution in [3.05, 3.63) is 0 Å². The molecule has 0 aromatic heterocycles. The molecule has 1 heterocycles. The number of rotatable bonds is 6. The predicted molar refractivity (Wildman–Crippen MR) is 81.4 cm³/mol. The standard InChI is InChI=1S/C14H25N3OS/c1-3-16(4-2)9-6-10-17-12-8-5-7-11(12)13(19)15-14(17)18/h11-12H,3-10H2,1-2H3,(H,15,18,19). The van der Waals surface area contributed by atoms with Gasteiger partial charge in [-0.15, -0.1) is 0 Å². The summed E-state index contributed by atoms with van der Waals surface area (Å²) < 4.78 is 0. The monoisotopic (exact) mass is 283 g/mol. The summed E-state index contributed by atoms with van der Waals surface area (Å²) in [6.07, 6.45) is 4.49. The van der Waals surface area contributed by atoms with Crippen LogP contribution in [0.4, 0.5) is 4.79 Å². The van der Waals surface area contributed by atoms with Crippen LogP contribution in [0.15, 0.2) is 0 Å². The van der Waals surface area contributed by atoms with Gasteiger partial charge in [0.05, 0.1) is 4.99 Å². The molecule has 108 valence electrons. The van der Waals surface area contributed by atoms with Crippen LogP contribution in [0, 0.1) is 5.92 Å². The molecule has 1 aliphatic heterocycles. The second kappa shape index (κ2) is 6.66. The maximum atomic E-state index is 12.1. The van der Waals surface area contributed by atoms with Crippen LogP contribution in [0.1, 0.15) is 39.5 Å². The zero-order valence-electron chi connectivity index (χ0n) is 12.0. The molecule has 0 radical (unpaired) electrons. The van der Waals surface area contributed by atoms with Crippen molar-refractivity contribution in [1.29, 1.82) is 0 Å². The summed E-state index contributed by atoms with van der Waals surface area (Å²) in [5, 5.41) is 2.87. The highest BCUT2D eigenvalue weighted by atomic mass is 32.1. The average molecular weight is 283 g/mol. The van der Waals surface area contributed by atoms with E-state index >= 15 is 0 Å². The van der Waals surface area contributed by atoms with Gasteiger partial charge in [-0.2, -0.15) is 0 Å². The minimum Gasteiger partial charge on any atom is -0.321 e. The van der Waals surface area contributed by atoms with Crippen LogP contribution in [-0.2, 0) is 0 Å². The number of fused-ring (bicyclic) bond motifs is 1. The van der Waals surface area contributed by atoms with Crippen molar-refractivity contribution in [2.45, 2.75) is 45.6 Å². The van der Waals surface area contributed by atoms with Crippen molar-refractivity contribution in [3.8, 4) is 0 Å². The number of hydrogen-bond acceptors (Lipinski definition) is 3. The fourth-order valence-corrected chi connectivity index (χ4v) is 3.67.